The van der Waals surface area contributed by atoms with Gasteiger partial charge in [-0.2, -0.15) is 0 Å². The Labute approximate surface area is 91.2 Å². The van der Waals surface area contributed by atoms with Crippen molar-refractivity contribution in [3.05, 3.63) is 23.8 Å². The van der Waals surface area contributed by atoms with Crippen molar-refractivity contribution in [3.8, 4) is 11.5 Å². The van der Waals surface area contributed by atoms with Gasteiger partial charge >= 0.3 is 0 Å². The van der Waals surface area contributed by atoms with Gasteiger partial charge in [-0.25, -0.2) is 0 Å². The Kier molecular flexibility index (Phi) is 2.85. The largest absolute Gasteiger partial charge is 0.496 e. The fraction of sp³-hybridized carbons (Fsp3) is 0.538. The van der Waals surface area contributed by atoms with Crippen LogP contribution in [0.5, 0.6) is 11.5 Å². The molecule has 82 valence electrons. The van der Waals surface area contributed by atoms with Gasteiger partial charge in [0.1, 0.15) is 11.5 Å². The first-order chi connectivity index (χ1) is 7.20. The zero-order valence-electron chi connectivity index (χ0n) is 9.62. The third kappa shape index (κ3) is 2.44. The summed E-state index contributed by atoms with van der Waals surface area (Å²) in [5, 5.41) is 0. The molecule has 0 heterocycles. The van der Waals surface area contributed by atoms with E-state index in [0.29, 0.717) is 12.0 Å². The molecule has 0 aliphatic heterocycles. The molecular weight excluding hydrogens is 188 g/mol. The molecule has 1 aliphatic rings. The number of hydrogen-bond donors (Lipinski definition) is 0. The molecule has 2 nitrogen and oxygen atoms in total. The summed E-state index contributed by atoms with van der Waals surface area (Å²) in [6, 6.07) is 6.08. The first kappa shape index (κ1) is 10.3. The van der Waals surface area contributed by atoms with Gasteiger partial charge in [0.25, 0.3) is 0 Å². The highest BCUT2D eigenvalue weighted by Gasteiger charge is 2.23. The third-order valence-electron chi connectivity index (χ3n) is 2.65. The van der Waals surface area contributed by atoms with E-state index in [1.165, 1.54) is 18.4 Å². The molecule has 0 aromatic heterocycles. The molecule has 15 heavy (non-hydrogen) atoms. The lowest BCUT2D eigenvalue weighted by molar-refractivity contribution is 0.302. The molecule has 0 atom stereocenters. The Morgan fingerprint density at radius 2 is 2.00 bits per heavy atom. The third-order valence-corrected chi connectivity index (χ3v) is 2.65. The summed E-state index contributed by atoms with van der Waals surface area (Å²) in [7, 11) is 1.71. The molecule has 0 bridgehead atoms. The second-order valence-corrected chi connectivity index (χ2v) is 4.38. The van der Waals surface area contributed by atoms with E-state index in [1.807, 2.05) is 12.1 Å². The molecule has 0 radical (unpaired) electrons. The Balaban J connectivity index is 2.22. The summed E-state index contributed by atoms with van der Waals surface area (Å²) in [5.41, 5.74) is 1.22. The zero-order chi connectivity index (χ0) is 10.8. The van der Waals surface area contributed by atoms with Crippen LogP contribution >= 0.6 is 0 Å². The normalized spacial score (nSPS) is 15.5. The van der Waals surface area contributed by atoms with E-state index in [9.17, 15) is 0 Å². The fourth-order valence-corrected chi connectivity index (χ4v) is 1.62. The van der Waals surface area contributed by atoms with E-state index < -0.39 is 0 Å². The molecule has 1 aromatic rings. The quantitative estimate of drug-likeness (QED) is 0.752. The van der Waals surface area contributed by atoms with Crippen LogP contribution in [-0.4, -0.2) is 13.2 Å². The van der Waals surface area contributed by atoms with E-state index in [1.54, 1.807) is 7.11 Å². The van der Waals surface area contributed by atoms with Crippen molar-refractivity contribution >= 4 is 0 Å². The molecule has 0 amide bonds. The number of benzene rings is 1. The van der Waals surface area contributed by atoms with Crippen LogP contribution in [0.3, 0.4) is 0 Å². The zero-order valence-corrected chi connectivity index (χ0v) is 9.62. The van der Waals surface area contributed by atoms with E-state index in [4.69, 9.17) is 9.47 Å². The monoisotopic (exact) mass is 206 g/mol. The average molecular weight is 206 g/mol. The molecule has 0 saturated heterocycles. The second-order valence-electron chi connectivity index (χ2n) is 4.38. The molecule has 2 rings (SSSR count). The van der Waals surface area contributed by atoms with Crippen LogP contribution in [0.4, 0.5) is 0 Å². The van der Waals surface area contributed by atoms with Gasteiger partial charge in [-0.15, -0.1) is 0 Å². The van der Waals surface area contributed by atoms with Gasteiger partial charge in [0.2, 0.25) is 0 Å². The molecule has 0 N–H and O–H groups in total. The molecule has 0 unspecified atom stereocenters. The first-order valence-corrected chi connectivity index (χ1v) is 5.55. The first-order valence-electron chi connectivity index (χ1n) is 5.55. The van der Waals surface area contributed by atoms with Crippen molar-refractivity contribution in [1.82, 2.24) is 0 Å². The highest BCUT2D eigenvalue weighted by atomic mass is 16.5. The van der Waals surface area contributed by atoms with E-state index in [0.717, 1.165) is 11.5 Å². The molecule has 1 saturated carbocycles. The van der Waals surface area contributed by atoms with Gasteiger partial charge in [0.05, 0.1) is 13.2 Å². The van der Waals surface area contributed by atoms with Crippen LogP contribution < -0.4 is 9.47 Å². The molecule has 1 aliphatic carbocycles. The molecule has 2 heteroatoms. The van der Waals surface area contributed by atoms with Crippen LogP contribution in [0.1, 0.15) is 38.2 Å². The highest BCUT2D eigenvalue weighted by molar-refractivity contribution is 5.42. The lowest BCUT2D eigenvalue weighted by Crippen LogP contribution is -1.99. The molecular formula is C13H18O2. The van der Waals surface area contributed by atoms with E-state index in [2.05, 4.69) is 19.9 Å². The summed E-state index contributed by atoms with van der Waals surface area (Å²) in [6.45, 7) is 4.33. The summed E-state index contributed by atoms with van der Waals surface area (Å²) in [6.07, 6.45) is 2.85. The van der Waals surface area contributed by atoms with Gasteiger partial charge in [-0.05, 0) is 37.0 Å². The Morgan fingerprint density at radius 3 is 2.53 bits per heavy atom. The number of hydrogen-bond acceptors (Lipinski definition) is 2. The molecule has 1 aromatic carbocycles. The second kappa shape index (κ2) is 4.13. The SMILES string of the molecule is COc1ccc(OC2CC2)cc1C(C)C. The summed E-state index contributed by atoms with van der Waals surface area (Å²) in [4.78, 5) is 0. The summed E-state index contributed by atoms with van der Waals surface area (Å²) < 4.78 is 11.1. The summed E-state index contributed by atoms with van der Waals surface area (Å²) >= 11 is 0. The van der Waals surface area contributed by atoms with Crippen molar-refractivity contribution in [2.75, 3.05) is 7.11 Å². The van der Waals surface area contributed by atoms with Crippen LogP contribution in [0, 0.1) is 0 Å². The predicted molar refractivity (Wildman–Crippen MR) is 60.7 cm³/mol. The average Bonchev–Trinajstić information content (AvgIpc) is 3.01. The van der Waals surface area contributed by atoms with Crippen molar-refractivity contribution in [3.63, 3.8) is 0 Å². The minimum atomic E-state index is 0.457. The van der Waals surface area contributed by atoms with Crippen molar-refractivity contribution in [2.45, 2.75) is 38.7 Å². The smallest absolute Gasteiger partial charge is 0.122 e. The lowest BCUT2D eigenvalue weighted by Gasteiger charge is -2.13. The van der Waals surface area contributed by atoms with Gasteiger partial charge in [0, 0.05) is 5.56 Å². The van der Waals surface area contributed by atoms with Crippen LogP contribution in [0.2, 0.25) is 0 Å². The highest BCUT2D eigenvalue weighted by Crippen LogP contribution is 2.33. The number of ether oxygens (including phenoxy) is 2. The molecule has 1 fully saturated rings. The maximum atomic E-state index is 5.76. The van der Waals surface area contributed by atoms with Crippen molar-refractivity contribution in [2.24, 2.45) is 0 Å². The maximum absolute atomic E-state index is 5.76. The number of rotatable bonds is 4. The number of methoxy groups -OCH3 is 1. The van der Waals surface area contributed by atoms with Crippen LogP contribution in [0.15, 0.2) is 18.2 Å². The maximum Gasteiger partial charge on any atom is 0.122 e. The topological polar surface area (TPSA) is 18.5 Å². The Hall–Kier alpha value is -1.18. The van der Waals surface area contributed by atoms with Gasteiger partial charge in [0.15, 0.2) is 0 Å². The van der Waals surface area contributed by atoms with E-state index >= 15 is 0 Å². The van der Waals surface area contributed by atoms with Gasteiger partial charge in [-0.3, -0.25) is 0 Å². The van der Waals surface area contributed by atoms with Gasteiger partial charge in [-0.1, -0.05) is 13.8 Å². The minimum absolute atomic E-state index is 0.457. The predicted octanol–water partition coefficient (Wildman–Crippen LogP) is 3.36. The summed E-state index contributed by atoms with van der Waals surface area (Å²) in [5.74, 6) is 2.39. The lowest BCUT2D eigenvalue weighted by atomic mass is 10.0. The van der Waals surface area contributed by atoms with Crippen molar-refractivity contribution in [1.29, 1.82) is 0 Å². The van der Waals surface area contributed by atoms with E-state index in [-0.39, 0.29) is 0 Å². The molecule has 0 spiro atoms. The Morgan fingerprint density at radius 1 is 1.27 bits per heavy atom. The fourth-order valence-electron chi connectivity index (χ4n) is 1.62. The standard InChI is InChI=1S/C13H18O2/c1-9(2)12-8-11(15-10-4-5-10)6-7-13(12)14-3/h6-10H,4-5H2,1-3H3. The minimum Gasteiger partial charge on any atom is -0.496 e. The van der Waals surface area contributed by atoms with Crippen molar-refractivity contribution < 1.29 is 9.47 Å². The van der Waals surface area contributed by atoms with Crippen LogP contribution in [-0.2, 0) is 0 Å². The van der Waals surface area contributed by atoms with Crippen LogP contribution in [0.25, 0.3) is 0 Å². The van der Waals surface area contributed by atoms with Gasteiger partial charge < -0.3 is 9.47 Å². The Bertz CT molecular complexity index is 340.